The molecule has 2 heterocycles. The highest BCUT2D eigenvalue weighted by Crippen LogP contribution is 2.11. The largest absolute Gasteiger partial charge is 0.381 e. The Morgan fingerprint density at radius 3 is 3.19 bits per heavy atom. The third kappa shape index (κ3) is 3.02. The maximum Gasteiger partial charge on any atom is 0.228 e. The second-order valence-corrected chi connectivity index (χ2v) is 4.35. The van der Waals surface area contributed by atoms with Crippen molar-refractivity contribution >= 4 is 0 Å². The van der Waals surface area contributed by atoms with Crippen LogP contribution in [-0.4, -0.2) is 35.9 Å². The topological polar surface area (TPSA) is 60.2 Å². The molecule has 1 fully saturated rings. The lowest BCUT2D eigenvalue weighted by molar-refractivity contribution is 0.116. The third-order valence-electron chi connectivity index (χ3n) is 2.97. The summed E-state index contributed by atoms with van der Waals surface area (Å²) in [5.41, 5.74) is 0. The van der Waals surface area contributed by atoms with Crippen LogP contribution >= 0.6 is 0 Å². The first-order chi connectivity index (χ1) is 7.78. The molecule has 90 valence electrons. The molecule has 2 rings (SSSR count). The molecule has 1 aromatic heterocycles. The molecule has 0 aliphatic carbocycles. The van der Waals surface area contributed by atoms with Crippen molar-refractivity contribution in [1.82, 2.24) is 15.5 Å². The minimum atomic E-state index is 0.134. The van der Waals surface area contributed by atoms with Crippen molar-refractivity contribution in [2.24, 2.45) is 0 Å². The zero-order valence-electron chi connectivity index (χ0n) is 9.90. The molecule has 5 nitrogen and oxygen atoms in total. The van der Waals surface area contributed by atoms with E-state index in [1.807, 2.05) is 6.92 Å². The first-order valence-electron chi connectivity index (χ1n) is 5.85. The Kier molecular flexibility index (Phi) is 3.90. The lowest BCUT2D eigenvalue weighted by Crippen LogP contribution is -2.23. The van der Waals surface area contributed by atoms with Gasteiger partial charge in [0.05, 0.1) is 6.10 Å². The minimum absolute atomic E-state index is 0.134. The molecule has 0 amide bonds. The summed E-state index contributed by atoms with van der Waals surface area (Å²) < 4.78 is 10.4. The molecule has 0 aromatic carbocycles. The quantitative estimate of drug-likeness (QED) is 0.808. The van der Waals surface area contributed by atoms with Crippen LogP contribution in [-0.2, 0) is 17.6 Å². The van der Waals surface area contributed by atoms with Gasteiger partial charge in [-0.2, -0.15) is 4.98 Å². The summed E-state index contributed by atoms with van der Waals surface area (Å²) in [5, 5.41) is 7.37. The molecule has 0 spiro atoms. The van der Waals surface area contributed by atoms with Crippen LogP contribution < -0.4 is 5.32 Å². The summed E-state index contributed by atoms with van der Waals surface area (Å²) in [5.74, 6) is 1.47. The molecule has 2 unspecified atom stereocenters. The number of aromatic nitrogens is 2. The van der Waals surface area contributed by atoms with E-state index in [1.165, 1.54) is 12.8 Å². The molecule has 0 radical (unpaired) electrons. The number of rotatable bonds is 5. The SMILES string of the molecule is COC(C)Cc1noc(CC2CCCN2)n1. The summed E-state index contributed by atoms with van der Waals surface area (Å²) in [6.07, 6.45) is 4.13. The highest BCUT2D eigenvalue weighted by atomic mass is 16.5. The van der Waals surface area contributed by atoms with Crippen molar-refractivity contribution in [1.29, 1.82) is 0 Å². The Balaban J connectivity index is 1.86. The molecule has 0 bridgehead atoms. The molecule has 5 heteroatoms. The van der Waals surface area contributed by atoms with Gasteiger partial charge in [0.1, 0.15) is 0 Å². The number of ether oxygens (including phenoxy) is 1. The molecule has 1 N–H and O–H groups in total. The van der Waals surface area contributed by atoms with Gasteiger partial charge in [-0.15, -0.1) is 0 Å². The van der Waals surface area contributed by atoms with Gasteiger partial charge < -0.3 is 14.6 Å². The molecular formula is C11H19N3O2. The Bertz CT molecular complexity index is 321. The lowest BCUT2D eigenvalue weighted by atomic mass is 10.1. The zero-order chi connectivity index (χ0) is 11.4. The van der Waals surface area contributed by atoms with E-state index in [4.69, 9.17) is 9.26 Å². The maximum atomic E-state index is 5.22. The van der Waals surface area contributed by atoms with Crippen molar-refractivity contribution in [3.8, 4) is 0 Å². The smallest absolute Gasteiger partial charge is 0.228 e. The predicted molar refractivity (Wildman–Crippen MR) is 59.2 cm³/mol. The van der Waals surface area contributed by atoms with Crippen molar-refractivity contribution in [3.05, 3.63) is 11.7 Å². The monoisotopic (exact) mass is 225 g/mol. The minimum Gasteiger partial charge on any atom is -0.381 e. The van der Waals surface area contributed by atoms with Crippen LogP contribution in [0.4, 0.5) is 0 Å². The first-order valence-corrected chi connectivity index (χ1v) is 5.85. The highest BCUT2D eigenvalue weighted by molar-refractivity contribution is 4.92. The van der Waals surface area contributed by atoms with Crippen molar-refractivity contribution in [2.75, 3.05) is 13.7 Å². The van der Waals surface area contributed by atoms with Crippen LogP contribution in [0.1, 0.15) is 31.5 Å². The van der Waals surface area contributed by atoms with E-state index in [9.17, 15) is 0 Å². The molecular weight excluding hydrogens is 206 g/mol. The average Bonchev–Trinajstić information content (AvgIpc) is 2.91. The van der Waals surface area contributed by atoms with E-state index < -0.39 is 0 Å². The fourth-order valence-electron chi connectivity index (χ4n) is 1.94. The van der Waals surface area contributed by atoms with Crippen molar-refractivity contribution < 1.29 is 9.26 Å². The second kappa shape index (κ2) is 5.41. The maximum absolute atomic E-state index is 5.22. The van der Waals surface area contributed by atoms with Crippen LogP contribution in [0.5, 0.6) is 0 Å². The van der Waals surface area contributed by atoms with Crippen LogP contribution in [0.3, 0.4) is 0 Å². The Hall–Kier alpha value is -0.940. The molecule has 1 aliphatic heterocycles. The van der Waals surface area contributed by atoms with Crippen LogP contribution in [0.15, 0.2) is 4.52 Å². The van der Waals surface area contributed by atoms with Gasteiger partial charge in [-0.25, -0.2) is 0 Å². The van der Waals surface area contributed by atoms with Gasteiger partial charge in [-0.1, -0.05) is 5.16 Å². The van der Waals surface area contributed by atoms with Gasteiger partial charge in [0.2, 0.25) is 5.89 Å². The highest BCUT2D eigenvalue weighted by Gasteiger charge is 2.18. The number of methoxy groups -OCH3 is 1. The molecule has 2 atom stereocenters. The number of nitrogens with zero attached hydrogens (tertiary/aromatic N) is 2. The van der Waals surface area contributed by atoms with Crippen LogP contribution in [0.25, 0.3) is 0 Å². The standard InChI is InChI=1S/C11H19N3O2/c1-8(15-2)6-10-13-11(16-14-10)7-9-4-3-5-12-9/h8-9,12H,3-7H2,1-2H3. The van der Waals surface area contributed by atoms with E-state index in [1.54, 1.807) is 7.11 Å². The van der Waals surface area contributed by atoms with Crippen molar-refractivity contribution in [3.63, 3.8) is 0 Å². The van der Waals surface area contributed by atoms with E-state index in [-0.39, 0.29) is 6.10 Å². The number of nitrogens with one attached hydrogen (secondary N) is 1. The third-order valence-corrected chi connectivity index (χ3v) is 2.97. The van der Waals surface area contributed by atoms with Gasteiger partial charge in [0.15, 0.2) is 5.82 Å². The lowest BCUT2D eigenvalue weighted by Gasteiger charge is -2.05. The Labute approximate surface area is 95.6 Å². The van der Waals surface area contributed by atoms with Crippen LogP contribution in [0.2, 0.25) is 0 Å². The van der Waals surface area contributed by atoms with E-state index >= 15 is 0 Å². The molecule has 1 saturated heterocycles. The van der Waals surface area contributed by atoms with Crippen LogP contribution in [0, 0.1) is 0 Å². The van der Waals surface area contributed by atoms with Crippen molar-refractivity contribution in [2.45, 2.75) is 44.8 Å². The van der Waals surface area contributed by atoms with Gasteiger partial charge in [-0.05, 0) is 26.3 Å². The second-order valence-electron chi connectivity index (χ2n) is 4.35. The summed E-state index contributed by atoms with van der Waals surface area (Å²) >= 11 is 0. The summed E-state index contributed by atoms with van der Waals surface area (Å²) in [4.78, 5) is 4.36. The van der Waals surface area contributed by atoms with E-state index in [0.717, 1.165) is 24.7 Å². The Morgan fingerprint density at radius 1 is 1.62 bits per heavy atom. The summed E-state index contributed by atoms with van der Waals surface area (Å²) in [6, 6.07) is 0.508. The normalized spacial score (nSPS) is 22.5. The van der Waals surface area contributed by atoms with Gasteiger partial charge in [0.25, 0.3) is 0 Å². The van der Waals surface area contributed by atoms with Gasteiger partial charge in [-0.3, -0.25) is 0 Å². The fraction of sp³-hybridized carbons (Fsp3) is 0.818. The van der Waals surface area contributed by atoms with Gasteiger partial charge in [0, 0.05) is 26.0 Å². The molecule has 0 saturated carbocycles. The summed E-state index contributed by atoms with van der Waals surface area (Å²) in [7, 11) is 1.69. The molecule has 1 aliphatic rings. The molecule has 1 aromatic rings. The first kappa shape index (κ1) is 11.5. The van der Waals surface area contributed by atoms with E-state index in [2.05, 4.69) is 15.5 Å². The fourth-order valence-corrected chi connectivity index (χ4v) is 1.94. The Morgan fingerprint density at radius 2 is 2.50 bits per heavy atom. The van der Waals surface area contributed by atoms with E-state index in [0.29, 0.717) is 12.5 Å². The van der Waals surface area contributed by atoms with Gasteiger partial charge >= 0.3 is 0 Å². The summed E-state index contributed by atoms with van der Waals surface area (Å²) in [6.45, 7) is 3.10. The number of hydrogen-bond acceptors (Lipinski definition) is 5. The molecule has 16 heavy (non-hydrogen) atoms. The zero-order valence-corrected chi connectivity index (χ0v) is 9.90. The predicted octanol–water partition coefficient (Wildman–Crippen LogP) is 0.941. The number of hydrogen-bond donors (Lipinski definition) is 1. The average molecular weight is 225 g/mol.